The van der Waals surface area contributed by atoms with Crippen molar-refractivity contribution < 1.29 is 4.79 Å². The standard InChI is InChI=1S/C12H23NO/c1-4-5-6-12(11(2)14)7-9-13(3)10-8-12/h4-10H2,1-3H3. The number of likely N-dealkylation sites (tertiary alicyclic amines) is 1. The molecule has 14 heavy (non-hydrogen) atoms. The number of carbonyl (C=O) groups is 1. The van der Waals surface area contributed by atoms with E-state index in [4.69, 9.17) is 0 Å². The van der Waals surface area contributed by atoms with Crippen LogP contribution in [-0.4, -0.2) is 30.8 Å². The highest BCUT2D eigenvalue weighted by Crippen LogP contribution is 2.37. The first-order chi connectivity index (χ1) is 6.60. The molecule has 0 amide bonds. The molecule has 1 aliphatic rings. The first kappa shape index (κ1) is 11.7. The fourth-order valence-electron chi connectivity index (χ4n) is 2.34. The second-order valence-electron chi connectivity index (χ2n) is 4.74. The summed E-state index contributed by atoms with van der Waals surface area (Å²) < 4.78 is 0. The molecule has 2 heteroatoms. The molecule has 0 aromatic rings. The second-order valence-corrected chi connectivity index (χ2v) is 4.74. The fraction of sp³-hybridized carbons (Fsp3) is 0.917. The zero-order chi connectivity index (χ0) is 10.6. The lowest BCUT2D eigenvalue weighted by atomic mass is 9.72. The second kappa shape index (κ2) is 4.92. The smallest absolute Gasteiger partial charge is 0.136 e. The number of carbonyl (C=O) groups excluding carboxylic acids is 1. The van der Waals surface area contributed by atoms with Gasteiger partial charge in [0.05, 0.1) is 0 Å². The van der Waals surface area contributed by atoms with Crippen LogP contribution in [0.25, 0.3) is 0 Å². The average Bonchev–Trinajstić information content (AvgIpc) is 2.17. The van der Waals surface area contributed by atoms with Gasteiger partial charge in [-0.15, -0.1) is 0 Å². The van der Waals surface area contributed by atoms with Crippen LogP contribution >= 0.6 is 0 Å². The van der Waals surface area contributed by atoms with E-state index in [9.17, 15) is 4.79 Å². The Hall–Kier alpha value is -0.370. The van der Waals surface area contributed by atoms with E-state index < -0.39 is 0 Å². The Morgan fingerprint density at radius 2 is 1.93 bits per heavy atom. The highest BCUT2D eigenvalue weighted by atomic mass is 16.1. The summed E-state index contributed by atoms with van der Waals surface area (Å²) in [6, 6.07) is 0. The van der Waals surface area contributed by atoms with Gasteiger partial charge in [0.2, 0.25) is 0 Å². The minimum absolute atomic E-state index is 0.0303. The van der Waals surface area contributed by atoms with Gasteiger partial charge in [0.1, 0.15) is 5.78 Å². The van der Waals surface area contributed by atoms with E-state index in [-0.39, 0.29) is 5.41 Å². The van der Waals surface area contributed by atoms with Crippen molar-refractivity contribution in [3.63, 3.8) is 0 Å². The van der Waals surface area contributed by atoms with Crippen molar-refractivity contribution in [2.75, 3.05) is 20.1 Å². The largest absolute Gasteiger partial charge is 0.306 e. The summed E-state index contributed by atoms with van der Waals surface area (Å²) in [6.45, 7) is 6.15. The summed E-state index contributed by atoms with van der Waals surface area (Å²) in [7, 11) is 2.14. The normalized spacial score (nSPS) is 22.2. The molecule has 0 unspecified atom stereocenters. The molecule has 0 spiro atoms. The van der Waals surface area contributed by atoms with Gasteiger partial charge in [0.25, 0.3) is 0 Å². The number of nitrogens with zero attached hydrogens (tertiary/aromatic N) is 1. The Kier molecular flexibility index (Phi) is 4.11. The minimum Gasteiger partial charge on any atom is -0.306 e. The van der Waals surface area contributed by atoms with Crippen LogP contribution in [0.15, 0.2) is 0 Å². The zero-order valence-electron chi connectivity index (χ0n) is 9.81. The van der Waals surface area contributed by atoms with Gasteiger partial charge in [-0.2, -0.15) is 0 Å². The summed E-state index contributed by atoms with van der Waals surface area (Å²) in [5, 5.41) is 0. The Morgan fingerprint density at radius 1 is 1.36 bits per heavy atom. The number of hydrogen-bond acceptors (Lipinski definition) is 2. The molecule has 0 aromatic carbocycles. The quantitative estimate of drug-likeness (QED) is 0.690. The van der Waals surface area contributed by atoms with Crippen LogP contribution < -0.4 is 0 Å². The molecule has 0 bridgehead atoms. The maximum absolute atomic E-state index is 11.7. The highest BCUT2D eigenvalue weighted by molar-refractivity contribution is 5.82. The van der Waals surface area contributed by atoms with E-state index in [1.165, 1.54) is 12.8 Å². The Balaban J connectivity index is 2.58. The number of ketones is 1. The fourth-order valence-corrected chi connectivity index (χ4v) is 2.34. The minimum atomic E-state index is 0.0303. The van der Waals surface area contributed by atoms with Crippen molar-refractivity contribution in [3.05, 3.63) is 0 Å². The van der Waals surface area contributed by atoms with E-state index in [0.29, 0.717) is 5.78 Å². The van der Waals surface area contributed by atoms with Crippen LogP contribution in [0.1, 0.15) is 46.0 Å². The molecule has 1 saturated heterocycles. The lowest BCUT2D eigenvalue weighted by molar-refractivity contribution is -0.129. The topological polar surface area (TPSA) is 20.3 Å². The van der Waals surface area contributed by atoms with Crippen molar-refractivity contribution in [3.8, 4) is 0 Å². The van der Waals surface area contributed by atoms with Crippen LogP contribution in [0.5, 0.6) is 0 Å². The van der Waals surface area contributed by atoms with Gasteiger partial charge >= 0.3 is 0 Å². The molecule has 0 aromatic heterocycles. The summed E-state index contributed by atoms with van der Waals surface area (Å²) >= 11 is 0. The average molecular weight is 197 g/mol. The summed E-state index contributed by atoms with van der Waals surface area (Å²) in [6.07, 6.45) is 5.64. The maximum atomic E-state index is 11.7. The molecule has 0 atom stereocenters. The van der Waals surface area contributed by atoms with E-state index in [1.807, 2.05) is 0 Å². The molecule has 1 heterocycles. The van der Waals surface area contributed by atoms with Gasteiger partial charge in [-0.25, -0.2) is 0 Å². The monoisotopic (exact) mass is 197 g/mol. The Morgan fingerprint density at radius 3 is 2.36 bits per heavy atom. The summed E-state index contributed by atoms with van der Waals surface area (Å²) in [4.78, 5) is 14.0. The first-order valence-electron chi connectivity index (χ1n) is 5.80. The molecule has 2 nitrogen and oxygen atoms in total. The number of unbranched alkanes of at least 4 members (excludes halogenated alkanes) is 1. The zero-order valence-corrected chi connectivity index (χ0v) is 9.81. The van der Waals surface area contributed by atoms with Crippen molar-refractivity contribution in [2.45, 2.75) is 46.0 Å². The number of Topliss-reactive ketones (excluding diaryl/α,β-unsaturated/α-hetero) is 1. The van der Waals surface area contributed by atoms with Crippen LogP contribution in [0.2, 0.25) is 0 Å². The molecule has 0 radical (unpaired) electrons. The van der Waals surface area contributed by atoms with Crippen molar-refractivity contribution in [1.82, 2.24) is 4.90 Å². The first-order valence-corrected chi connectivity index (χ1v) is 5.80. The predicted octanol–water partition coefficient (Wildman–Crippen LogP) is 2.48. The van der Waals surface area contributed by atoms with Gasteiger partial charge in [0, 0.05) is 5.41 Å². The van der Waals surface area contributed by atoms with Crippen LogP contribution in [0.4, 0.5) is 0 Å². The van der Waals surface area contributed by atoms with Crippen LogP contribution in [0, 0.1) is 5.41 Å². The van der Waals surface area contributed by atoms with Gasteiger partial charge in [0.15, 0.2) is 0 Å². The Labute approximate surface area is 87.7 Å². The van der Waals surface area contributed by atoms with E-state index >= 15 is 0 Å². The third kappa shape index (κ3) is 2.57. The molecule has 0 N–H and O–H groups in total. The van der Waals surface area contributed by atoms with Crippen molar-refractivity contribution >= 4 is 5.78 Å². The van der Waals surface area contributed by atoms with Gasteiger partial charge < -0.3 is 4.90 Å². The number of piperidine rings is 1. The molecule has 1 aliphatic heterocycles. The SMILES string of the molecule is CCCCC1(C(C)=O)CCN(C)CC1. The predicted molar refractivity (Wildman–Crippen MR) is 59.4 cm³/mol. The molecular weight excluding hydrogens is 174 g/mol. The van der Waals surface area contributed by atoms with E-state index in [1.54, 1.807) is 6.92 Å². The van der Waals surface area contributed by atoms with Crippen LogP contribution in [0.3, 0.4) is 0 Å². The van der Waals surface area contributed by atoms with Gasteiger partial charge in [-0.3, -0.25) is 4.79 Å². The lowest BCUT2D eigenvalue weighted by Gasteiger charge is -2.39. The molecule has 1 rings (SSSR count). The van der Waals surface area contributed by atoms with Crippen molar-refractivity contribution in [2.24, 2.45) is 5.41 Å². The van der Waals surface area contributed by atoms with Gasteiger partial charge in [-0.1, -0.05) is 19.8 Å². The number of rotatable bonds is 4. The third-order valence-corrected chi connectivity index (χ3v) is 3.70. The van der Waals surface area contributed by atoms with E-state index in [0.717, 1.165) is 32.4 Å². The molecule has 0 saturated carbocycles. The Bertz CT molecular complexity index is 187. The van der Waals surface area contributed by atoms with Gasteiger partial charge in [-0.05, 0) is 46.3 Å². The van der Waals surface area contributed by atoms with Crippen LogP contribution in [-0.2, 0) is 4.79 Å². The third-order valence-electron chi connectivity index (χ3n) is 3.70. The molecule has 82 valence electrons. The molecular formula is C12H23NO. The highest BCUT2D eigenvalue weighted by Gasteiger charge is 2.36. The molecule has 0 aliphatic carbocycles. The van der Waals surface area contributed by atoms with E-state index in [2.05, 4.69) is 18.9 Å². The summed E-state index contributed by atoms with van der Waals surface area (Å²) in [5.74, 6) is 0.416. The molecule has 1 fully saturated rings. The maximum Gasteiger partial charge on any atom is 0.136 e. The summed E-state index contributed by atoms with van der Waals surface area (Å²) in [5.41, 5.74) is 0.0303. The number of hydrogen-bond donors (Lipinski definition) is 0. The lowest BCUT2D eigenvalue weighted by Crippen LogP contribution is -2.42. The van der Waals surface area contributed by atoms with Crippen molar-refractivity contribution in [1.29, 1.82) is 0 Å².